The molecule has 208 valence electrons. The Morgan fingerprint density at radius 1 is 1.10 bits per heavy atom. The van der Waals surface area contributed by atoms with Gasteiger partial charge in [0.15, 0.2) is 0 Å². The molecular weight excluding hydrogens is 550 g/mol. The Hall–Kier alpha value is -3.76. The molecule has 2 saturated heterocycles. The van der Waals surface area contributed by atoms with Crippen LogP contribution in [0.5, 0.6) is 0 Å². The minimum atomic E-state index is -0.509. The number of halogens is 1. The zero-order chi connectivity index (χ0) is 28.4. The van der Waals surface area contributed by atoms with Crippen LogP contribution in [-0.4, -0.2) is 57.0 Å². The summed E-state index contributed by atoms with van der Waals surface area (Å²) in [6.07, 6.45) is 6.72. The van der Waals surface area contributed by atoms with Crippen molar-refractivity contribution >= 4 is 67.9 Å². The van der Waals surface area contributed by atoms with Gasteiger partial charge < -0.3 is 14.4 Å². The zero-order valence-corrected chi connectivity index (χ0v) is 23.5. The largest absolute Gasteiger partial charge is 0.339 e. The number of thiophene rings is 1. The SMILES string of the molecule is C=CC(=O)Cl.C=CC(=O)N1CCC2(CC(n3c(NC(=O)c4ccc(N5CCCC5=O)s4)nc4ccccc43)C2)C1. The van der Waals surface area contributed by atoms with E-state index in [1.165, 1.54) is 17.4 Å². The second-order valence-electron chi connectivity index (χ2n) is 10.3. The maximum atomic E-state index is 13.2. The number of hydrogen-bond acceptors (Lipinski definition) is 6. The molecule has 3 aliphatic rings. The normalized spacial score (nSPS) is 21.6. The topological polar surface area (TPSA) is 105 Å². The van der Waals surface area contributed by atoms with Gasteiger partial charge in [-0.2, -0.15) is 0 Å². The number of anilines is 2. The summed E-state index contributed by atoms with van der Waals surface area (Å²) in [5.74, 6) is 0.430. The predicted octanol–water partition coefficient (Wildman–Crippen LogP) is 5.15. The molecule has 1 spiro atoms. The molecule has 2 aliphatic heterocycles. The van der Waals surface area contributed by atoms with Gasteiger partial charge in [-0.3, -0.25) is 24.5 Å². The number of para-hydroxylation sites is 2. The van der Waals surface area contributed by atoms with E-state index in [1.54, 1.807) is 11.0 Å². The van der Waals surface area contributed by atoms with Crippen molar-refractivity contribution < 1.29 is 19.2 Å². The van der Waals surface area contributed by atoms with Crippen molar-refractivity contribution in [1.82, 2.24) is 14.5 Å². The van der Waals surface area contributed by atoms with E-state index in [4.69, 9.17) is 16.6 Å². The molecule has 1 N–H and O–H groups in total. The lowest BCUT2D eigenvalue weighted by Crippen LogP contribution is -2.42. The maximum absolute atomic E-state index is 13.2. The van der Waals surface area contributed by atoms with Crippen LogP contribution in [0, 0.1) is 5.41 Å². The van der Waals surface area contributed by atoms with Crippen molar-refractivity contribution in [2.24, 2.45) is 5.41 Å². The molecule has 9 nitrogen and oxygen atoms in total. The minimum Gasteiger partial charge on any atom is -0.339 e. The summed E-state index contributed by atoms with van der Waals surface area (Å²) in [5, 5.41) is 3.34. The quantitative estimate of drug-likeness (QED) is 0.321. The van der Waals surface area contributed by atoms with E-state index < -0.39 is 5.24 Å². The van der Waals surface area contributed by atoms with Crippen molar-refractivity contribution in [3.05, 3.63) is 66.6 Å². The average molecular weight is 580 g/mol. The summed E-state index contributed by atoms with van der Waals surface area (Å²) in [4.78, 5) is 55.7. The van der Waals surface area contributed by atoms with Crippen LogP contribution >= 0.6 is 22.9 Å². The zero-order valence-electron chi connectivity index (χ0n) is 22.0. The Bertz CT molecular complexity index is 1500. The molecule has 1 saturated carbocycles. The van der Waals surface area contributed by atoms with Gasteiger partial charge in [-0.1, -0.05) is 25.3 Å². The third-order valence-electron chi connectivity index (χ3n) is 7.76. The lowest BCUT2D eigenvalue weighted by atomic mass is 9.65. The molecule has 0 atom stereocenters. The number of benzene rings is 1. The van der Waals surface area contributed by atoms with E-state index in [1.807, 2.05) is 35.2 Å². The number of rotatable bonds is 6. The van der Waals surface area contributed by atoms with E-state index in [2.05, 4.69) is 23.0 Å². The molecule has 4 heterocycles. The number of likely N-dealkylation sites (tertiary alicyclic amines) is 1. The van der Waals surface area contributed by atoms with Crippen LogP contribution in [0.15, 0.2) is 61.7 Å². The Morgan fingerprint density at radius 2 is 1.85 bits per heavy atom. The number of amides is 3. The molecule has 3 aromatic rings. The van der Waals surface area contributed by atoms with Gasteiger partial charge in [0.25, 0.3) is 5.91 Å². The second-order valence-corrected chi connectivity index (χ2v) is 11.8. The number of allylic oxidation sites excluding steroid dienone is 1. The monoisotopic (exact) mass is 579 g/mol. The van der Waals surface area contributed by atoms with Gasteiger partial charge in [0.2, 0.25) is 23.0 Å². The van der Waals surface area contributed by atoms with Crippen molar-refractivity contribution in [2.45, 2.75) is 38.1 Å². The van der Waals surface area contributed by atoms with Crippen molar-refractivity contribution in [3.8, 4) is 0 Å². The van der Waals surface area contributed by atoms with Crippen molar-refractivity contribution in [1.29, 1.82) is 0 Å². The van der Waals surface area contributed by atoms with Gasteiger partial charge in [-0.25, -0.2) is 4.98 Å². The highest BCUT2D eigenvalue weighted by molar-refractivity contribution is 7.18. The molecule has 2 aromatic heterocycles. The number of carbonyl (C=O) groups is 4. The number of nitrogens with one attached hydrogen (secondary N) is 1. The first kappa shape index (κ1) is 27.8. The number of nitrogens with zero attached hydrogens (tertiary/aromatic N) is 4. The molecule has 11 heteroatoms. The Kier molecular flexibility index (Phi) is 7.91. The summed E-state index contributed by atoms with van der Waals surface area (Å²) >= 11 is 6.04. The van der Waals surface area contributed by atoms with Crippen LogP contribution in [-0.2, 0) is 14.4 Å². The van der Waals surface area contributed by atoms with Crippen LogP contribution in [0.3, 0.4) is 0 Å². The Balaban J connectivity index is 0.000000595. The van der Waals surface area contributed by atoms with Gasteiger partial charge in [-0.15, -0.1) is 11.3 Å². The highest BCUT2D eigenvalue weighted by Crippen LogP contribution is 2.55. The maximum Gasteiger partial charge on any atom is 0.268 e. The van der Waals surface area contributed by atoms with E-state index in [9.17, 15) is 19.2 Å². The van der Waals surface area contributed by atoms with Gasteiger partial charge >= 0.3 is 0 Å². The van der Waals surface area contributed by atoms with Crippen LogP contribution < -0.4 is 10.2 Å². The highest BCUT2D eigenvalue weighted by atomic mass is 35.5. The third kappa shape index (κ3) is 5.46. The van der Waals surface area contributed by atoms with Crippen molar-refractivity contribution in [2.75, 3.05) is 29.9 Å². The van der Waals surface area contributed by atoms with Gasteiger partial charge in [0.1, 0.15) is 0 Å². The van der Waals surface area contributed by atoms with Gasteiger partial charge in [0, 0.05) is 32.1 Å². The lowest BCUT2D eigenvalue weighted by molar-refractivity contribution is -0.125. The Morgan fingerprint density at radius 3 is 2.52 bits per heavy atom. The van der Waals surface area contributed by atoms with Crippen LogP contribution in [0.2, 0.25) is 0 Å². The first-order chi connectivity index (χ1) is 19.2. The molecule has 0 bridgehead atoms. The van der Waals surface area contributed by atoms with E-state index in [-0.39, 0.29) is 29.2 Å². The van der Waals surface area contributed by atoms with E-state index in [0.717, 1.165) is 60.9 Å². The molecular formula is C29H30ClN5O4S. The number of fused-ring (bicyclic) bond motifs is 1. The molecule has 0 radical (unpaired) electrons. The molecule has 3 fully saturated rings. The standard InChI is InChI=1S/C26H27N5O3S.C3H3ClO/c1-2-21(32)29-13-11-26(16-29)14-17(15-26)31-19-7-4-3-6-18(19)27-25(31)28-24(34)20-9-10-23(35-20)30-12-5-8-22(30)33;1-2-3(4)5/h2-4,6-7,9-10,17H,1,5,8,11-16H2,(H,27,28,34);2H,1H2. The smallest absolute Gasteiger partial charge is 0.268 e. The summed E-state index contributed by atoms with van der Waals surface area (Å²) in [6.45, 7) is 8.93. The molecule has 1 aliphatic carbocycles. The lowest BCUT2D eigenvalue weighted by Gasteiger charge is -2.46. The van der Waals surface area contributed by atoms with Crippen molar-refractivity contribution in [3.63, 3.8) is 0 Å². The molecule has 3 amide bonds. The predicted molar refractivity (Wildman–Crippen MR) is 157 cm³/mol. The second kappa shape index (κ2) is 11.4. The Labute approximate surface area is 241 Å². The third-order valence-corrected chi connectivity index (χ3v) is 9.03. The summed E-state index contributed by atoms with van der Waals surface area (Å²) < 4.78 is 2.15. The number of imidazole rings is 1. The van der Waals surface area contributed by atoms with Crippen LogP contribution in [0.1, 0.15) is 47.8 Å². The van der Waals surface area contributed by atoms with Gasteiger partial charge in [-0.05, 0) is 79.1 Å². The van der Waals surface area contributed by atoms with Gasteiger partial charge in [0.05, 0.1) is 20.9 Å². The van der Waals surface area contributed by atoms with Crippen LogP contribution in [0.4, 0.5) is 10.9 Å². The number of carbonyl (C=O) groups excluding carboxylic acids is 4. The molecule has 6 rings (SSSR count). The first-order valence-corrected chi connectivity index (χ1v) is 14.3. The fourth-order valence-corrected chi connectivity index (χ4v) is 6.79. The fourth-order valence-electron chi connectivity index (χ4n) is 5.85. The number of aromatic nitrogens is 2. The summed E-state index contributed by atoms with van der Waals surface area (Å²) in [6, 6.07) is 11.7. The molecule has 0 unspecified atom stereocenters. The minimum absolute atomic E-state index is 0.00249. The number of hydrogen-bond donors (Lipinski definition) is 1. The molecule has 40 heavy (non-hydrogen) atoms. The fraction of sp³-hybridized carbons (Fsp3) is 0.345. The molecule has 1 aromatic carbocycles. The average Bonchev–Trinajstić information content (AvgIpc) is 3.72. The van der Waals surface area contributed by atoms with Crippen LogP contribution in [0.25, 0.3) is 11.0 Å². The summed E-state index contributed by atoms with van der Waals surface area (Å²) in [7, 11) is 0. The summed E-state index contributed by atoms with van der Waals surface area (Å²) in [5.41, 5.74) is 1.96. The van der Waals surface area contributed by atoms with E-state index in [0.29, 0.717) is 23.8 Å². The first-order valence-electron chi connectivity index (χ1n) is 13.2. The van der Waals surface area contributed by atoms with E-state index >= 15 is 0 Å². The highest BCUT2D eigenvalue weighted by Gasteiger charge is 2.50.